The fraction of sp³-hybridized carbons (Fsp3) is 0.308. The molecule has 6 heteroatoms. The molecule has 32 heavy (non-hydrogen) atoms. The molecule has 1 aromatic heterocycles. The summed E-state index contributed by atoms with van der Waals surface area (Å²) in [4.78, 5) is 29.4. The minimum absolute atomic E-state index is 0.00683. The van der Waals surface area contributed by atoms with Crippen molar-refractivity contribution in [3.05, 3.63) is 81.1 Å². The predicted octanol–water partition coefficient (Wildman–Crippen LogP) is 4.84. The number of benzene rings is 2. The number of likely N-dealkylation sites (tertiary alicyclic amines) is 1. The summed E-state index contributed by atoms with van der Waals surface area (Å²) in [5, 5.41) is 0.554. The summed E-state index contributed by atoms with van der Waals surface area (Å²) in [7, 11) is 1.68. The van der Waals surface area contributed by atoms with E-state index < -0.39 is 0 Å². The zero-order valence-electron chi connectivity index (χ0n) is 18.2. The van der Waals surface area contributed by atoms with Gasteiger partial charge in [0.25, 0.3) is 11.5 Å². The summed E-state index contributed by atoms with van der Waals surface area (Å²) in [6.07, 6.45) is 1.77. The van der Waals surface area contributed by atoms with Crippen molar-refractivity contribution in [3.8, 4) is 22.4 Å². The number of fused-ring (bicyclic) bond motifs is 3. The number of hydrogen-bond acceptors (Lipinski definition) is 3. The van der Waals surface area contributed by atoms with E-state index >= 15 is 0 Å². The summed E-state index contributed by atoms with van der Waals surface area (Å²) in [5.74, 6) is -0.0786. The quantitative estimate of drug-likeness (QED) is 0.449. The van der Waals surface area contributed by atoms with Crippen LogP contribution in [0.4, 0.5) is 0 Å². The molecule has 0 N–H and O–H groups in total. The molecule has 0 spiro atoms. The van der Waals surface area contributed by atoms with E-state index in [1.54, 1.807) is 17.7 Å². The summed E-state index contributed by atoms with van der Waals surface area (Å²) in [6, 6.07) is 16.9. The van der Waals surface area contributed by atoms with Crippen molar-refractivity contribution in [2.24, 2.45) is 0 Å². The molecule has 0 saturated carbocycles. The van der Waals surface area contributed by atoms with Crippen molar-refractivity contribution in [2.75, 3.05) is 13.7 Å². The number of methoxy groups -OCH3 is 1. The molecular formula is C26H25ClN2O3. The van der Waals surface area contributed by atoms with E-state index in [-0.39, 0.29) is 23.6 Å². The molecule has 1 amide bonds. The SMILES string of the molecule is COC(C)[C@H]1CCCN1C(=O)c1cc(-c2ccccc2)c(=O)n2c1-c1c(Cl)cccc1C2. The smallest absolute Gasteiger partial charge is 0.259 e. The van der Waals surface area contributed by atoms with Crippen LogP contribution in [0.1, 0.15) is 35.7 Å². The van der Waals surface area contributed by atoms with Crippen molar-refractivity contribution in [3.63, 3.8) is 0 Å². The lowest BCUT2D eigenvalue weighted by Crippen LogP contribution is -2.43. The minimum Gasteiger partial charge on any atom is -0.380 e. The third-order valence-corrected chi connectivity index (χ3v) is 7.06. The predicted molar refractivity (Wildman–Crippen MR) is 126 cm³/mol. The summed E-state index contributed by atoms with van der Waals surface area (Å²) < 4.78 is 7.27. The molecule has 164 valence electrons. The van der Waals surface area contributed by atoms with Crippen LogP contribution in [0.5, 0.6) is 0 Å². The molecule has 3 aromatic rings. The Labute approximate surface area is 192 Å². The number of amides is 1. The maximum absolute atomic E-state index is 14.0. The Morgan fingerprint density at radius 1 is 1.16 bits per heavy atom. The van der Waals surface area contributed by atoms with E-state index in [0.717, 1.165) is 29.5 Å². The molecule has 1 unspecified atom stereocenters. The van der Waals surface area contributed by atoms with Crippen molar-refractivity contribution in [2.45, 2.75) is 38.5 Å². The van der Waals surface area contributed by atoms with E-state index in [2.05, 4.69) is 0 Å². The minimum atomic E-state index is -0.113. The van der Waals surface area contributed by atoms with Gasteiger partial charge in [-0.3, -0.25) is 9.59 Å². The van der Waals surface area contributed by atoms with Gasteiger partial charge in [0.2, 0.25) is 0 Å². The number of nitrogens with zero attached hydrogens (tertiary/aromatic N) is 2. The molecule has 2 atom stereocenters. The van der Waals surface area contributed by atoms with E-state index in [0.29, 0.717) is 34.9 Å². The zero-order chi connectivity index (χ0) is 22.4. The Hall–Kier alpha value is -2.89. The first-order valence-electron chi connectivity index (χ1n) is 11.0. The van der Waals surface area contributed by atoms with Gasteiger partial charge in [-0.1, -0.05) is 54.1 Å². The summed E-state index contributed by atoms with van der Waals surface area (Å²) in [6.45, 7) is 3.08. The van der Waals surface area contributed by atoms with Crippen molar-refractivity contribution >= 4 is 17.5 Å². The van der Waals surface area contributed by atoms with Gasteiger partial charge in [0.15, 0.2) is 0 Å². The van der Waals surface area contributed by atoms with Crippen LogP contribution in [0.25, 0.3) is 22.4 Å². The average Bonchev–Trinajstić information content (AvgIpc) is 3.45. The zero-order valence-corrected chi connectivity index (χ0v) is 18.9. The Balaban J connectivity index is 1.73. The molecule has 5 rings (SSSR count). The summed E-state index contributed by atoms with van der Waals surface area (Å²) >= 11 is 6.58. The second-order valence-electron chi connectivity index (χ2n) is 8.50. The number of halogens is 1. The number of ether oxygens (including phenoxy) is 1. The fourth-order valence-corrected chi connectivity index (χ4v) is 5.34. The number of rotatable bonds is 4. The Bertz CT molecular complexity index is 1250. The van der Waals surface area contributed by atoms with Crippen LogP contribution in [0.2, 0.25) is 5.02 Å². The highest BCUT2D eigenvalue weighted by Crippen LogP contribution is 2.40. The van der Waals surface area contributed by atoms with Crippen LogP contribution in [0, 0.1) is 0 Å². The third-order valence-electron chi connectivity index (χ3n) is 6.74. The van der Waals surface area contributed by atoms with Gasteiger partial charge in [0, 0.05) is 24.8 Å². The average molecular weight is 449 g/mol. The van der Waals surface area contributed by atoms with E-state index in [1.807, 2.05) is 60.4 Å². The summed E-state index contributed by atoms with van der Waals surface area (Å²) in [5.41, 5.74) is 4.09. The highest BCUT2D eigenvalue weighted by atomic mass is 35.5. The van der Waals surface area contributed by atoms with E-state index in [4.69, 9.17) is 16.3 Å². The first-order chi connectivity index (χ1) is 15.5. The molecule has 2 aliphatic heterocycles. The van der Waals surface area contributed by atoms with Gasteiger partial charge >= 0.3 is 0 Å². The molecule has 2 aromatic carbocycles. The van der Waals surface area contributed by atoms with Gasteiger partial charge in [-0.15, -0.1) is 0 Å². The molecule has 5 nitrogen and oxygen atoms in total. The first-order valence-corrected chi connectivity index (χ1v) is 11.3. The number of hydrogen-bond donors (Lipinski definition) is 0. The van der Waals surface area contributed by atoms with Gasteiger partial charge in [0.1, 0.15) is 0 Å². The van der Waals surface area contributed by atoms with Gasteiger partial charge in [0.05, 0.1) is 35.0 Å². The Morgan fingerprint density at radius 3 is 2.69 bits per heavy atom. The lowest BCUT2D eigenvalue weighted by atomic mass is 9.98. The molecule has 1 saturated heterocycles. The number of aromatic nitrogens is 1. The Kier molecular flexibility index (Phi) is 5.39. The van der Waals surface area contributed by atoms with Crippen LogP contribution in [0.3, 0.4) is 0 Å². The second-order valence-corrected chi connectivity index (χ2v) is 8.91. The maximum Gasteiger partial charge on any atom is 0.259 e. The number of carbonyl (C=O) groups is 1. The second kappa shape index (κ2) is 8.23. The molecule has 0 bridgehead atoms. The third kappa shape index (κ3) is 3.28. The standard InChI is InChI=1S/C26H25ClN2O3/c1-16(32-2)22-12-7-13-28(22)26(31)20-14-19(17-8-4-3-5-9-17)25(30)29-15-18-10-6-11-21(27)23(18)24(20)29/h3-6,8-11,14,16,22H,7,12-13,15H2,1-2H3/t16?,22-/m1/s1. The first kappa shape index (κ1) is 21.0. The van der Waals surface area contributed by atoms with Crippen LogP contribution in [-0.2, 0) is 11.3 Å². The molecule has 2 aliphatic rings. The van der Waals surface area contributed by atoms with E-state index in [9.17, 15) is 9.59 Å². The molecule has 0 radical (unpaired) electrons. The number of carbonyl (C=O) groups excluding carboxylic acids is 1. The maximum atomic E-state index is 14.0. The highest BCUT2D eigenvalue weighted by molar-refractivity contribution is 6.33. The molecule has 1 fully saturated rings. The van der Waals surface area contributed by atoms with Gasteiger partial charge in [-0.05, 0) is 43.0 Å². The lowest BCUT2D eigenvalue weighted by molar-refractivity contribution is 0.0355. The van der Waals surface area contributed by atoms with Crippen LogP contribution in [-0.4, -0.2) is 41.2 Å². The van der Waals surface area contributed by atoms with Crippen LogP contribution < -0.4 is 5.56 Å². The van der Waals surface area contributed by atoms with Gasteiger partial charge in [-0.25, -0.2) is 0 Å². The Morgan fingerprint density at radius 2 is 1.94 bits per heavy atom. The monoisotopic (exact) mass is 448 g/mol. The van der Waals surface area contributed by atoms with E-state index in [1.165, 1.54) is 0 Å². The molecular weight excluding hydrogens is 424 g/mol. The van der Waals surface area contributed by atoms with Crippen molar-refractivity contribution < 1.29 is 9.53 Å². The molecule has 0 aliphatic carbocycles. The highest BCUT2D eigenvalue weighted by Gasteiger charge is 2.37. The molecule has 3 heterocycles. The fourth-order valence-electron chi connectivity index (χ4n) is 5.06. The topological polar surface area (TPSA) is 51.5 Å². The van der Waals surface area contributed by atoms with Crippen LogP contribution >= 0.6 is 11.6 Å². The largest absolute Gasteiger partial charge is 0.380 e. The van der Waals surface area contributed by atoms with Gasteiger partial charge < -0.3 is 14.2 Å². The van der Waals surface area contributed by atoms with Crippen molar-refractivity contribution in [1.29, 1.82) is 0 Å². The van der Waals surface area contributed by atoms with Crippen LogP contribution in [0.15, 0.2) is 59.4 Å². The van der Waals surface area contributed by atoms with Gasteiger partial charge in [-0.2, -0.15) is 0 Å². The van der Waals surface area contributed by atoms with Crippen molar-refractivity contribution in [1.82, 2.24) is 9.47 Å². The number of pyridine rings is 1. The lowest BCUT2D eigenvalue weighted by Gasteiger charge is -2.29. The normalized spacial score (nSPS) is 17.8.